The molecule has 0 saturated carbocycles. The summed E-state index contributed by atoms with van der Waals surface area (Å²) in [5.41, 5.74) is 1.65. The van der Waals surface area contributed by atoms with E-state index in [0.29, 0.717) is 0 Å². The summed E-state index contributed by atoms with van der Waals surface area (Å²) < 4.78 is 13.3. The Labute approximate surface area is 59.9 Å². The standard InChI is InChI=1S/C6H2FI/c7-6-3-1-2-4(8)5(3)6/h1-2H. The van der Waals surface area contributed by atoms with Gasteiger partial charge in [0.1, 0.15) is 5.82 Å². The molecule has 8 heavy (non-hydrogen) atoms. The van der Waals surface area contributed by atoms with Crippen molar-refractivity contribution in [2.45, 2.75) is 0 Å². The Morgan fingerprint density at radius 2 is 2.12 bits per heavy atom. The van der Waals surface area contributed by atoms with Crippen molar-refractivity contribution in [2.24, 2.45) is 0 Å². The minimum atomic E-state index is -0.00287. The molecule has 0 aromatic heterocycles. The molecule has 0 saturated heterocycles. The Bertz CT molecular complexity index is 255. The van der Waals surface area contributed by atoms with Crippen molar-refractivity contribution < 1.29 is 4.39 Å². The summed E-state index contributed by atoms with van der Waals surface area (Å²) in [4.78, 5) is 0. The minimum Gasteiger partial charge on any atom is -0.206 e. The molecule has 0 aliphatic heterocycles. The topological polar surface area (TPSA) is 0 Å². The van der Waals surface area contributed by atoms with Crippen LogP contribution in [0.3, 0.4) is 0 Å². The molecule has 0 amide bonds. The quantitative estimate of drug-likeness (QED) is 0.598. The summed E-state index contributed by atoms with van der Waals surface area (Å²) in [6.07, 6.45) is 0. The maximum Gasteiger partial charge on any atom is 0.140 e. The van der Waals surface area contributed by atoms with Crippen LogP contribution in [-0.2, 0) is 0 Å². The Hall–Kier alpha value is -0.120. The molecule has 0 radical (unpaired) electrons. The zero-order chi connectivity index (χ0) is 5.72. The highest BCUT2D eigenvalue weighted by Gasteiger charge is 2.27. The Balaban J connectivity index is 2.72. The molecule has 0 N–H and O–H groups in total. The predicted octanol–water partition coefficient (Wildman–Crippen LogP) is 2.41. The third-order valence-corrected chi connectivity index (χ3v) is 2.20. The minimum absolute atomic E-state index is 0.00287. The highest BCUT2D eigenvalue weighted by atomic mass is 127. The Morgan fingerprint density at radius 3 is 2.38 bits per heavy atom. The van der Waals surface area contributed by atoms with E-state index in [4.69, 9.17) is 0 Å². The number of hydrogen-bond acceptors (Lipinski definition) is 0. The molecule has 0 nitrogen and oxygen atoms in total. The van der Waals surface area contributed by atoms with Crippen molar-refractivity contribution in [2.75, 3.05) is 0 Å². The largest absolute Gasteiger partial charge is 0.206 e. The zero-order valence-corrected chi connectivity index (χ0v) is 6.07. The maximum atomic E-state index is 12.2. The van der Waals surface area contributed by atoms with Gasteiger partial charge < -0.3 is 0 Å². The van der Waals surface area contributed by atoms with Crippen LogP contribution in [0.15, 0.2) is 12.1 Å². The lowest BCUT2D eigenvalue weighted by molar-refractivity contribution is 0.664. The van der Waals surface area contributed by atoms with Crippen molar-refractivity contribution >= 4 is 22.6 Å². The van der Waals surface area contributed by atoms with Crippen molar-refractivity contribution in [1.82, 2.24) is 0 Å². The molecule has 40 valence electrons. The number of fused-ring (bicyclic) bond motifs is 1. The Morgan fingerprint density at radius 1 is 1.38 bits per heavy atom. The van der Waals surface area contributed by atoms with Gasteiger partial charge >= 0.3 is 0 Å². The summed E-state index contributed by atoms with van der Waals surface area (Å²) >= 11 is 2.13. The lowest BCUT2D eigenvalue weighted by atomic mass is 10.6. The first-order chi connectivity index (χ1) is 3.80. The second kappa shape index (κ2) is 1.23. The van der Waals surface area contributed by atoms with Gasteiger partial charge in [-0.05, 0) is 28.7 Å². The van der Waals surface area contributed by atoms with Gasteiger partial charge in [-0.2, -0.15) is 0 Å². The maximum absolute atomic E-state index is 12.2. The molecule has 0 spiro atoms. The smallest absolute Gasteiger partial charge is 0.140 e. The fourth-order valence-electron chi connectivity index (χ4n) is 0.808. The number of benzene rings is 1. The van der Waals surface area contributed by atoms with Gasteiger partial charge in [0.15, 0.2) is 0 Å². The molecule has 0 heterocycles. The van der Waals surface area contributed by atoms with E-state index < -0.39 is 0 Å². The molecule has 0 aromatic carbocycles. The van der Waals surface area contributed by atoms with E-state index in [-0.39, 0.29) is 5.82 Å². The third kappa shape index (κ3) is 0.393. The molecular formula is C6H2FI. The van der Waals surface area contributed by atoms with E-state index in [1.54, 1.807) is 0 Å². The van der Waals surface area contributed by atoms with E-state index in [1.807, 2.05) is 12.1 Å². The average Bonchev–Trinajstić information content (AvgIpc) is 2.13. The Kier molecular flexibility index (Phi) is 0.730. The highest BCUT2D eigenvalue weighted by Crippen LogP contribution is 2.44. The fraction of sp³-hybridized carbons (Fsp3) is 0. The van der Waals surface area contributed by atoms with Gasteiger partial charge in [-0.3, -0.25) is 0 Å². The molecule has 0 fully saturated rings. The molecule has 2 heteroatoms. The van der Waals surface area contributed by atoms with Crippen LogP contribution in [0.5, 0.6) is 0 Å². The van der Waals surface area contributed by atoms with Crippen molar-refractivity contribution in [1.29, 1.82) is 0 Å². The van der Waals surface area contributed by atoms with E-state index in [9.17, 15) is 4.39 Å². The lowest BCUT2D eigenvalue weighted by Crippen LogP contribution is -1.52. The average molecular weight is 220 g/mol. The van der Waals surface area contributed by atoms with Gasteiger partial charge in [-0.25, -0.2) is 4.39 Å². The normalized spacial score (nSPS) is 11.8. The van der Waals surface area contributed by atoms with E-state index in [2.05, 4.69) is 22.6 Å². The van der Waals surface area contributed by atoms with E-state index in [1.165, 1.54) is 0 Å². The number of halogens is 2. The molecule has 0 unspecified atom stereocenters. The second-order valence-corrected chi connectivity index (χ2v) is 2.95. The summed E-state index contributed by atoms with van der Waals surface area (Å²) in [5.74, 6) is -0.00287. The van der Waals surface area contributed by atoms with E-state index in [0.717, 1.165) is 14.7 Å². The summed E-state index contributed by atoms with van der Waals surface area (Å²) in [5, 5.41) is 0. The van der Waals surface area contributed by atoms with Crippen LogP contribution in [0.2, 0.25) is 0 Å². The summed E-state index contributed by atoms with van der Waals surface area (Å²) in [6, 6.07) is 3.74. The summed E-state index contributed by atoms with van der Waals surface area (Å²) in [6.45, 7) is 0. The van der Waals surface area contributed by atoms with Crippen LogP contribution in [0.1, 0.15) is 0 Å². The van der Waals surface area contributed by atoms with Crippen LogP contribution >= 0.6 is 22.6 Å². The van der Waals surface area contributed by atoms with Gasteiger partial charge in [0.2, 0.25) is 0 Å². The lowest BCUT2D eigenvalue weighted by Gasteiger charge is -1.69. The monoisotopic (exact) mass is 220 g/mol. The molecule has 2 aliphatic rings. The van der Waals surface area contributed by atoms with Crippen LogP contribution in [-0.4, -0.2) is 0 Å². The molecule has 2 aliphatic carbocycles. The van der Waals surface area contributed by atoms with Gasteiger partial charge in [-0.1, -0.05) is 6.07 Å². The first-order valence-corrected chi connectivity index (χ1v) is 3.37. The molecule has 0 aromatic rings. The van der Waals surface area contributed by atoms with Crippen molar-refractivity contribution in [3.63, 3.8) is 0 Å². The molecular weight excluding hydrogens is 218 g/mol. The van der Waals surface area contributed by atoms with Gasteiger partial charge in [-0.15, -0.1) is 0 Å². The first-order valence-electron chi connectivity index (χ1n) is 2.29. The second-order valence-electron chi connectivity index (χ2n) is 1.78. The third-order valence-electron chi connectivity index (χ3n) is 1.30. The highest BCUT2D eigenvalue weighted by molar-refractivity contribution is 14.1. The SMILES string of the molecule is Fc1c2ccc(I)c1-2. The first kappa shape index (κ1) is 4.73. The molecule has 2 rings (SSSR count). The van der Waals surface area contributed by atoms with Gasteiger partial charge in [0.25, 0.3) is 0 Å². The summed E-state index contributed by atoms with van der Waals surface area (Å²) in [7, 11) is 0. The number of rotatable bonds is 0. The number of hydrogen-bond donors (Lipinski definition) is 0. The van der Waals surface area contributed by atoms with Crippen LogP contribution in [0, 0.1) is 9.39 Å². The molecule has 0 atom stereocenters. The van der Waals surface area contributed by atoms with Crippen LogP contribution in [0.4, 0.5) is 4.39 Å². The van der Waals surface area contributed by atoms with Crippen LogP contribution in [0.25, 0.3) is 11.1 Å². The predicted molar refractivity (Wildman–Crippen MR) is 38.1 cm³/mol. The fourth-order valence-corrected chi connectivity index (χ4v) is 1.51. The van der Waals surface area contributed by atoms with Crippen molar-refractivity contribution in [3.05, 3.63) is 21.5 Å². The zero-order valence-electron chi connectivity index (χ0n) is 3.91. The van der Waals surface area contributed by atoms with Crippen molar-refractivity contribution in [3.8, 4) is 11.1 Å². The van der Waals surface area contributed by atoms with Crippen LogP contribution < -0.4 is 0 Å². The molecule has 0 bridgehead atoms. The van der Waals surface area contributed by atoms with Gasteiger partial charge in [0, 0.05) is 14.7 Å². The van der Waals surface area contributed by atoms with E-state index >= 15 is 0 Å². The van der Waals surface area contributed by atoms with Gasteiger partial charge in [0.05, 0.1) is 0 Å².